The number of nitrogens with zero attached hydrogens (tertiary/aromatic N) is 2. The molecular formula is C19H24N2O2. The highest BCUT2D eigenvalue weighted by Gasteiger charge is 2.25. The third kappa shape index (κ3) is 4.15. The van der Waals surface area contributed by atoms with Crippen LogP contribution in [0.5, 0.6) is 0 Å². The van der Waals surface area contributed by atoms with Crippen molar-refractivity contribution in [2.45, 2.75) is 19.3 Å². The van der Waals surface area contributed by atoms with Gasteiger partial charge in [-0.3, -0.25) is 4.79 Å². The predicted octanol–water partition coefficient (Wildman–Crippen LogP) is 3.20. The molecular weight excluding hydrogens is 288 g/mol. The van der Waals surface area contributed by atoms with Gasteiger partial charge in [0.05, 0.1) is 6.26 Å². The summed E-state index contributed by atoms with van der Waals surface area (Å²) in [5.41, 5.74) is 1.28. The minimum atomic E-state index is 0.194. The van der Waals surface area contributed by atoms with Gasteiger partial charge in [0.15, 0.2) is 0 Å². The Morgan fingerprint density at radius 2 is 2.09 bits per heavy atom. The Morgan fingerprint density at radius 1 is 1.26 bits per heavy atom. The lowest BCUT2D eigenvalue weighted by atomic mass is 10.1. The Bertz CT molecular complexity index is 610. The first-order valence-electron chi connectivity index (χ1n) is 8.28. The van der Waals surface area contributed by atoms with Crippen molar-refractivity contribution < 1.29 is 9.21 Å². The molecule has 1 aromatic carbocycles. The molecule has 1 aromatic heterocycles. The Kier molecular flexibility index (Phi) is 5.01. The number of benzene rings is 1. The van der Waals surface area contributed by atoms with E-state index in [2.05, 4.69) is 29.2 Å². The first-order valence-corrected chi connectivity index (χ1v) is 8.28. The van der Waals surface area contributed by atoms with Gasteiger partial charge < -0.3 is 14.2 Å². The highest BCUT2D eigenvalue weighted by atomic mass is 16.3. The van der Waals surface area contributed by atoms with E-state index in [1.54, 1.807) is 6.26 Å². The van der Waals surface area contributed by atoms with E-state index in [0.717, 1.165) is 31.8 Å². The third-order valence-corrected chi connectivity index (χ3v) is 4.53. The molecule has 4 heteroatoms. The highest BCUT2D eigenvalue weighted by Crippen LogP contribution is 2.24. The van der Waals surface area contributed by atoms with E-state index >= 15 is 0 Å². The number of hydrogen-bond donors (Lipinski definition) is 0. The lowest BCUT2D eigenvalue weighted by molar-refractivity contribution is -0.130. The van der Waals surface area contributed by atoms with Gasteiger partial charge in [-0.2, -0.15) is 0 Å². The summed E-state index contributed by atoms with van der Waals surface area (Å²) in [6.07, 6.45) is 3.99. The number of rotatable bonds is 6. The summed E-state index contributed by atoms with van der Waals surface area (Å²) >= 11 is 0. The Labute approximate surface area is 137 Å². The topological polar surface area (TPSA) is 36.7 Å². The van der Waals surface area contributed by atoms with Gasteiger partial charge in [-0.15, -0.1) is 0 Å². The molecule has 0 radical (unpaired) electrons. The summed E-state index contributed by atoms with van der Waals surface area (Å²) in [5, 5.41) is 0. The predicted molar refractivity (Wildman–Crippen MR) is 91.4 cm³/mol. The van der Waals surface area contributed by atoms with E-state index in [0.29, 0.717) is 18.8 Å². The van der Waals surface area contributed by atoms with Crippen LogP contribution in [0.15, 0.2) is 53.1 Å². The lowest BCUT2D eigenvalue weighted by Gasteiger charge is -2.22. The van der Waals surface area contributed by atoms with Crippen molar-refractivity contribution in [3.63, 3.8) is 0 Å². The van der Waals surface area contributed by atoms with Gasteiger partial charge in [0.25, 0.3) is 0 Å². The first kappa shape index (κ1) is 15.7. The van der Waals surface area contributed by atoms with Gasteiger partial charge in [-0.25, -0.2) is 0 Å². The van der Waals surface area contributed by atoms with Crippen molar-refractivity contribution >= 4 is 11.6 Å². The van der Waals surface area contributed by atoms with Gasteiger partial charge in [-0.1, -0.05) is 18.2 Å². The van der Waals surface area contributed by atoms with Crippen LogP contribution in [-0.4, -0.2) is 37.5 Å². The molecule has 1 saturated heterocycles. The van der Waals surface area contributed by atoms with Crippen LogP contribution in [0.25, 0.3) is 0 Å². The quantitative estimate of drug-likeness (QED) is 0.822. The fourth-order valence-electron chi connectivity index (χ4n) is 3.22. The normalized spacial score (nSPS) is 17.4. The standard InChI is InChI=1S/C19H24N2O2/c1-20(19(22)10-9-18-8-5-13-23-18)14-16-11-12-21(15-16)17-6-3-2-4-7-17/h2-8,13,16H,9-12,14-15H2,1H3/t16-/m0/s1. The average Bonchev–Trinajstić information content (AvgIpc) is 3.25. The van der Waals surface area contributed by atoms with Crippen LogP contribution in [0.1, 0.15) is 18.6 Å². The zero-order valence-corrected chi connectivity index (χ0v) is 13.6. The summed E-state index contributed by atoms with van der Waals surface area (Å²) in [4.78, 5) is 16.5. The summed E-state index contributed by atoms with van der Waals surface area (Å²) in [5.74, 6) is 1.62. The number of carbonyl (C=O) groups is 1. The minimum Gasteiger partial charge on any atom is -0.469 e. The molecule has 1 atom stereocenters. The summed E-state index contributed by atoms with van der Waals surface area (Å²) in [6.45, 7) is 2.93. The molecule has 122 valence electrons. The van der Waals surface area contributed by atoms with Crippen molar-refractivity contribution in [1.82, 2.24) is 4.90 Å². The van der Waals surface area contributed by atoms with Gasteiger partial charge in [0, 0.05) is 45.2 Å². The largest absolute Gasteiger partial charge is 0.469 e. The second kappa shape index (κ2) is 7.36. The minimum absolute atomic E-state index is 0.194. The van der Waals surface area contributed by atoms with Crippen LogP contribution >= 0.6 is 0 Å². The molecule has 0 spiro atoms. The SMILES string of the molecule is CN(C[C@@H]1CCN(c2ccccc2)C1)C(=O)CCc1ccco1. The van der Waals surface area contributed by atoms with Gasteiger partial charge >= 0.3 is 0 Å². The van der Waals surface area contributed by atoms with E-state index in [-0.39, 0.29) is 5.91 Å². The molecule has 1 aliphatic rings. The second-order valence-corrected chi connectivity index (χ2v) is 6.29. The number of furan rings is 1. The van der Waals surface area contributed by atoms with Crippen LogP contribution in [0.3, 0.4) is 0 Å². The molecule has 23 heavy (non-hydrogen) atoms. The molecule has 1 aliphatic heterocycles. The molecule has 2 aromatic rings. The van der Waals surface area contributed by atoms with E-state index in [4.69, 9.17) is 4.42 Å². The Hall–Kier alpha value is -2.23. The van der Waals surface area contributed by atoms with Crippen LogP contribution in [0.4, 0.5) is 5.69 Å². The number of carbonyl (C=O) groups excluding carboxylic acids is 1. The lowest BCUT2D eigenvalue weighted by Crippen LogP contribution is -2.33. The van der Waals surface area contributed by atoms with Gasteiger partial charge in [-0.05, 0) is 36.6 Å². The van der Waals surface area contributed by atoms with Gasteiger partial charge in [0.1, 0.15) is 5.76 Å². The van der Waals surface area contributed by atoms with Crippen molar-refractivity contribution in [3.05, 3.63) is 54.5 Å². The van der Waals surface area contributed by atoms with Crippen molar-refractivity contribution in [2.24, 2.45) is 5.92 Å². The highest BCUT2D eigenvalue weighted by molar-refractivity contribution is 5.76. The van der Waals surface area contributed by atoms with E-state index < -0.39 is 0 Å². The zero-order chi connectivity index (χ0) is 16.1. The Morgan fingerprint density at radius 3 is 2.83 bits per heavy atom. The summed E-state index contributed by atoms with van der Waals surface area (Å²) in [7, 11) is 1.91. The van der Waals surface area contributed by atoms with Crippen LogP contribution < -0.4 is 4.90 Å². The first-order chi connectivity index (χ1) is 11.2. The smallest absolute Gasteiger partial charge is 0.222 e. The molecule has 1 amide bonds. The fraction of sp³-hybridized carbons (Fsp3) is 0.421. The molecule has 0 unspecified atom stereocenters. The number of hydrogen-bond acceptors (Lipinski definition) is 3. The summed E-state index contributed by atoms with van der Waals surface area (Å²) < 4.78 is 5.28. The Balaban J connectivity index is 1.45. The van der Waals surface area contributed by atoms with Crippen LogP contribution in [0.2, 0.25) is 0 Å². The van der Waals surface area contributed by atoms with Crippen LogP contribution in [-0.2, 0) is 11.2 Å². The molecule has 3 rings (SSSR count). The molecule has 0 bridgehead atoms. The number of para-hydroxylation sites is 1. The maximum atomic E-state index is 12.2. The molecule has 0 aliphatic carbocycles. The van der Waals surface area contributed by atoms with E-state index in [9.17, 15) is 4.79 Å². The molecule has 2 heterocycles. The molecule has 4 nitrogen and oxygen atoms in total. The zero-order valence-electron chi connectivity index (χ0n) is 13.6. The number of aryl methyl sites for hydroxylation is 1. The maximum absolute atomic E-state index is 12.2. The maximum Gasteiger partial charge on any atom is 0.222 e. The monoisotopic (exact) mass is 312 g/mol. The summed E-state index contributed by atoms with van der Waals surface area (Å²) in [6, 6.07) is 14.3. The van der Waals surface area contributed by atoms with Crippen molar-refractivity contribution in [2.75, 3.05) is 31.6 Å². The van der Waals surface area contributed by atoms with Crippen LogP contribution in [0, 0.1) is 5.92 Å². The molecule has 1 fully saturated rings. The molecule has 0 N–H and O–H groups in total. The fourth-order valence-corrected chi connectivity index (χ4v) is 3.22. The van der Waals surface area contributed by atoms with Gasteiger partial charge in [0.2, 0.25) is 5.91 Å². The van der Waals surface area contributed by atoms with Crippen molar-refractivity contribution in [1.29, 1.82) is 0 Å². The van der Waals surface area contributed by atoms with E-state index in [1.165, 1.54) is 5.69 Å². The number of amides is 1. The van der Waals surface area contributed by atoms with E-state index in [1.807, 2.05) is 30.1 Å². The number of anilines is 1. The average molecular weight is 312 g/mol. The van der Waals surface area contributed by atoms with Crippen molar-refractivity contribution in [3.8, 4) is 0 Å². The third-order valence-electron chi connectivity index (χ3n) is 4.53. The molecule has 0 saturated carbocycles. The second-order valence-electron chi connectivity index (χ2n) is 6.29.